The van der Waals surface area contributed by atoms with Crippen LogP contribution in [0.1, 0.15) is 31.0 Å². The van der Waals surface area contributed by atoms with Crippen molar-refractivity contribution < 1.29 is 22.7 Å². The van der Waals surface area contributed by atoms with Gasteiger partial charge in [-0.25, -0.2) is 0 Å². The van der Waals surface area contributed by atoms with Crippen LogP contribution in [0.2, 0.25) is 0 Å². The van der Waals surface area contributed by atoms with Crippen LogP contribution in [0.25, 0.3) is 0 Å². The molecule has 134 valence electrons. The minimum atomic E-state index is -4.42. The Kier molecular flexibility index (Phi) is 4.82. The number of hydrogen-bond acceptors (Lipinski definition) is 4. The van der Waals surface area contributed by atoms with Gasteiger partial charge in [0.2, 0.25) is 5.91 Å². The first kappa shape index (κ1) is 17.2. The number of aromatic nitrogens is 2. The van der Waals surface area contributed by atoms with E-state index in [0.717, 1.165) is 6.07 Å². The lowest BCUT2D eigenvalue weighted by molar-refractivity contribution is -0.141. The van der Waals surface area contributed by atoms with E-state index in [2.05, 4.69) is 10.4 Å². The Hall–Kier alpha value is -1.61. The molecular weight excluding hydrogens is 325 g/mol. The fourth-order valence-corrected chi connectivity index (χ4v) is 3.33. The van der Waals surface area contributed by atoms with Crippen molar-refractivity contribution in [3.8, 4) is 0 Å². The lowest BCUT2D eigenvalue weighted by Gasteiger charge is -2.33. The molecule has 2 atom stereocenters. The number of piperidine rings is 1. The molecule has 1 amide bonds. The Balaban J connectivity index is 1.54. The second-order valence-corrected chi connectivity index (χ2v) is 6.29. The standard InChI is InChI=1S/C15H21F3N4O2/c1-24-11-8-12(19-9-11)14(23)21-5-2-10(3-6-21)22-7-4-13(20-22)15(16,17)18/h4,7,10-12,19H,2-3,5-6,8-9H2,1H3/t11-,12+/m0/s1. The summed E-state index contributed by atoms with van der Waals surface area (Å²) >= 11 is 0. The maximum absolute atomic E-state index is 12.6. The number of methoxy groups -OCH3 is 1. The van der Waals surface area contributed by atoms with Gasteiger partial charge < -0.3 is 15.0 Å². The molecule has 0 aliphatic carbocycles. The summed E-state index contributed by atoms with van der Waals surface area (Å²) in [6.45, 7) is 1.72. The van der Waals surface area contributed by atoms with Crippen LogP contribution in [0.15, 0.2) is 12.3 Å². The summed E-state index contributed by atoms with van der Waals surface area (Å²) in [5.74, 6) is 0.0458. The van der Waals surface area contributed by atoms with Crippen molar-refractivity contribution in [2.24, 2.45) is 0 Å². The summed E-state index contributed by atoms with van der Waals surface area (Å²) in [4.78, 5) is 14.3. The largest absolute Gasteiger partial charge is 0.435 e. The average molecular weight is 346 g/mol. The highest BCUT2D eigenvalue weighted by Gasteiger charge is 2.36. The van der Waals surface area contributed by atoms with E-state index in [0.29, 0.717) is 38.9 Å². The van der Waals surface area contributed by atoms with Gasteiger partial charge in [-0.05, 0) is 25.3 Å². The van der Waals surface area contributed by atoms with Gasteiger partial charge in [0.05, 0.1) is 18.2 Å². The molecule has 3 rings (SSSR count). The summed E-state index contributed by atoms with van der Waals surface area (Å²) in [6.07, 6.45) is -1.14. The minimum absolute atomic E-state index is 0.0458. The first-order valence-corrected chi connectivity index (χ1v) is 8.06. The van der Waals surface area contributed by atoms with Crippen molar-refractivity contribution in [1.82, 2.24) is 20.0 Å². The van der Waals surface area contributed by atoms with Crippen LogP contribution in [-0.4, -0.2) is 59.5 Å². The second-order valence-electron chi connectivity index (χ2n) is 6.29. The molecule has 0 unspecified atom stereocenters. The van der Waals surface area contributed by atoms with Gasteiger partial charge in [-0.2, -0.15) is 18.3 Å². The molecule has 0 radical (unpaired) electrons. The monoisotopic (exact) mass is 346 g/mol. The Bertz CT molecular complexity index is 582. The average Bonchev–Trinajstić information content (AvgIpc) is 3.23. The molecule has 0 spiro atoms. The summed E-state index contributed by atoms with van der Waals surface area (Å²) in [5, 5.41) is 6.79. The number of carbonyl (C=O) groups excluding carboxylic acids is 1. The summed E-state index contributed by atoms with van der Waals surface area (Å²) in [6, 6.07) is 0.659. The Morgan fingerprint density at radius 1 is 1.38 bits per heavy atom. The molecule has 1 aromatic rings. The molecule has 24 heavy (non-hydrogen) atoms. The predicted octanol–water partition coefficient (Wildman–Crippen LogP) is 1.44. The topological polar surface area (TPSA) is 59.4 Å². The SMILES string of the molecule is CO[C@@H]1CN[C@@H](C(=O)N2CCC(n3ccc(C(F)(F)F)n3)CC2)C1. The van der Waals surface area contributed by atoms with Gasteiger partial charge in [-0.1, -0.05) is 0 Å². The van der Waals surface area contributed by atoms with E-state index in [-0.39, 0.29) is 24.1 Å². The van der Waals surface area contributed by atoms with Crippen molar-refractivity contribution in [2.75, 3.05) is 26.7 Å². The molecule has 0 saturated carbocycles. The van der Waals surface area contributed by atoms with Crippen molar-refractivity contribution in [2.45, 2.75) is 43.6 Å². The maximum Gasteiger partial charge on any atom is 0.435 e. The fraction of sp³-hybridized carbons (Fsp3) is 0.733. The first-order valence-electron chi connectivity index (χ1n) is 8.06. The molecular formula is C15H21F3N4O2. The number of carbonyl (C=O) groups is 1. The molecule has 3 heterocycles. The number of hydrogen-bond donors (Lipinski definition) is 1. The highest BCUT2D eigenvalue weighted by molar-refractivity contribution is 5.82. The van der Waals surface area contributed by atoms with Crippen LogP contribution in [0.5, 0.6) is 0 Å². The normalized spacial score (nSPS) is 26.1. The highest BCUT2D eigenvalue weighted by Crippen LogP contribution is 2.29. The number of ether oxygens (including phenoxy) is 1. The smallest absolute Gasteiger partial charge is 0.380 e. The van der Waals surface area contributed by atoms with E-state index in [1.54, 1.807) is 12.0 Å². The Morgan fingerprint density at radius 2 is 2.08 bits per heavy atom. The van der Waals surface area contributed by atoms with Crippen LogP contribution in [0.4, 0.5) is 13.2 Å². The van der Waals surface area contributed by atoms with Crippen LogP contribution in [0, 0.1) is 0 Å². The van der Waals surface area contributed by atoms with E-state index < -0.39 is 11.9 Å². The number of nitrogens with one attached hydrogen (secondary N) is 1. The fourth-order valence-electron chi connectivity index (χ4n) is 3.33. The van der Waals surface area contributed by atoms with Gasteiger partial charge in [-0.3, -0.25) is 9.48 Å². The van der Waals surface area contributed by atoms with Gasteiger partial charge in [0.15, 0.2) is 5.69 Å². The van der Waals surface area contributed by atoms with E-state index in [9.17, 15) is 18.0 Å². The molecule has 2 aliphatic rings. The van der Waals surface area contributed by atoms with Crippen molar-refractivity contribution in [3.05, 3.63) is 18.0 Å². The molecule has 0 bridgehead atoms. The van der Waals surface area contributed by atoms with E-state index in [4.69, 9.17) is 4.74 Å². The van der Waals surface area contributed by atoms with Crippen LogP contribution in [-0.2, 0) is 15.7 Å². The lowest BCUT2D eigenvalue weighted by atomic mass is 10.0. The number of nitrogens with zero attached hydrogens (tertiary/aromatic N) is 3. The summed E-state index contributed by atoms with van der Waals surface area (Å²) in [7, 11) is 1.63. The summed E-state index contributed by atoms with van der Waals surface area (Å²) < 4.78 is 44.5. The first-order chi connectivity index (χ1) is 11.4. The Labute approximate surface area is 137 Å². The molecule has 2 saturated heterocycles. The molecule has 6 nitrogen and oxygen atoms in total. The van der Waals surface area contributed by atoms with E-state index in [1.807, 2.05) is 0 Å². The molecule has 2 aliphatic heterocycles. The minimum Gasteiger partial charge on any atom is -0.380 e. The van der Waals surface area contributed by atoms with Gasteiger partial charge in [0.1, 0.15) is 0 Å². The molecule has 1 N–H and O–H groups in total. The van der Waals surface area contributed by atoms with Gasteiger partial charge in [0, 0.05) is 32.9 Å². The van der Waals surface area contributed by atoms with Gasteiger partial charge in [-0.15, -0.1) is 0 Å². The van der Waals surface area contributed by atoms with Crippen LogP contribution in [0.3, 0.4) is 0 Å². The summed E-state index contributed by atoms with van der Waals surface area (Å²) in [5.41, 5.74) is -0.873. The van der Waals surface area contributed by atoms with Crippen molar-refractivity contribution in [1.29, 1.82) is 0 Å². The third-order valence-corrected chi connectivity index (χ3v) is 4.77. The van der Waals surface area contributed by atoms with E-state index in [1.165, 1.54) is 10.9 Å². The highest BCUT2D eigenvalue weighted by atomic mass is 19.4. The van der Waals surface area contributed by atoms with Crippen LogP contribution < -0.4 is 5.32 Å². The third-order valence-electron chi connectivity index (χ3n) is 4.77. The van der Waals surface area contributed by atoms with E-state index >= 15 is 0 Å². The van der Waals surface area contributed by atoms with Crippen LogP contribution >= 0.6 is 0 Å². The molecule has 2 fully saturated rings. The van der Waals surface area contributed by atoms with Crippen molar-refractivity contribution in [3.63, 3.8) is 0 Å². The number of halogens is 3. The lowest BCUT2D eigenvalue weighted by Crippen LogP contribution is -2.47. The number of rotatable bonds is 3. The zero-order chi connectivity index (χ0) is 17.3. The van der Waals surface area contributed by atoms with Crippen molar-refractivity contribution >= 4 is 5.91 Å². The second kappa shape index (κ2) is 6.72. The molecule has 1 aromatic heterocycles. The predicted molar refractivity (Wildman–Crippen MR) is 79.3 cm³/mol. The zero-order valence-electron chi connectivity index (χ0n) is 13.4. The third kappa shape index (κ3) is 3.56. The number of likely N-dealkylation sites (tertiary alicyclic amines) is 1. The quantitative estimate of drug-likeness (QED) is 0.900. The number of alkyl halides is 3. The zero-order valence-corrected chi connectivity index (χ0v) is 13.4. The maximum atomic E-state index is 12.6. The molecule has 0 aromatic carbocycles. The number of amides is 1. The molecule has 9 heteroatoms. The van der Waals surface area contributed by atoms with Gasteiger partial charge >= 0.3 is 6.18 Å². The Morgan fingerprint density at radius 3 is 2.62 bits per heavy atom. The van der Waals surface area contributed by atoms with Gasteiger partial charge in [0.25, 0.3) is 0 Å².